The minimum absolute atomic E-state index is 0.0323. The standard InChI is InChI=1S/C22H18F6N4O4S/c1-11-9-14(36-22(26,27)28)7-8-16(11)35-20-17(12(2)18(31-32-20)21(23,24)25)19(33)30-13-5-4-6-15(10-13)37(3,29)34/h4-10,29H,1-3H3,(H,30,33)/t37-/m1/s1. The van der Waals surface area contributed by atoms with Crippen LogP contribution in [0.3, 0.4) is 0 Å². The number of hydrogen-bond donors (Lipinski definition) is 2. The molecule has 2 aromatic carbocycles. The number of ether oxygens (including phenoxy) is 2. The van der Waals surface area contributed by atoms with E-state index in [2.05, 4.69) is 20.3 Å². The van der Waals surface area contributed by atoms with E-state index in [9.17, 15) is 35.3 Å². The zero-order chi connectivity index (χ0) is 27.8. The Morgan fingerprint density at radius 3 is 2.27 bits per heavy atom. The van der Waals surface area contributed by atoms with Gasteiger partial charge in [0.2, 0.25) is 0 Å². The molecule has 1 heterocycles. The Kier molecular flexibility index (Phi) is 7.40. The summed E-state index contributed by atoms with van der Waals surface area (Å²) in [4.78, 5) is 13.2. The van der Waals surface area contributed by atoms with E-state index in [1.165, 1.54) is 31.2 Å². The zero-order valence-electron chi connectivity index (χ0n) is 19.2. The Labute approximate surface area is 206 Å². The SMILES string of the molecule is Cc1cc(OC(F)(F)F)ccc1Oc1nnc(C(F)(F)F)c(C)c1C(=O)Nc1cccc([S@](C)(=N)=O)c1. The number of rotatable bonds is 6. The maximum absolute atomic E-state index is 13.5. The molecule has 0 aliphatic rings. The van der Waals surface area contributed by atoms with Crippen LogP contribution in [0, 0.1) is 18.6 Å². The quantitative estimate of drug-likeness (QED) is 0.361. The molecule has 0 saturated heterocycles. The summed E-state index contributed by atoms with van der Waals surface area (Å²) in [5, 5.41) is 8.88. The Balaban J connectivity index is 2.04. The number of amides is 1. The molecule has 0 radical (unpaired) electrons. The van der Waals surface area contributed by atoms with Crippen molar-refractivity contribution >= 4 is 21.3 Å². The number of benzene rings is 2. The summed E-state index contributed by atoms with van der Waals surface area (Å²) in [6, 6.07) is 8.32. The highest BCUT2D eigenvalue weighted by Crippen LogP contribution is 2.36. The monoisotopic (exact) mass is 548 g/mol. The topological polar surface area (TPSA) is 114 Å². The maximum Gasteiger partial charge on any atom is 0.573 e. The molecule has 1 atom stereocenters. The molecule has 0 unspecified atom stereocenters. The fourth-order valence-corrected chi connectivity index (χ4v) is 3.84. The van der Waals surface area contributed by atoms with Gasteiger partial charge < -0.3 is 14.8 Å². The van der Waals surface area contributed by atoms with E-state index in [4.69, 9.17) is 9.52 Å². The Hall–Kier alpha value is -3.88. The van der Waals surface area contributed by atoms with E-state index in [-0.39, 0.29) is 21.9 Å². The molecule has 8 nitrogen and oxygen atoms in total. The largest absolute Gasteiger partial charge is 0.573 e. The van der Waals surface area contributed by atoms with E-state index < -0.39 is 56.6 Å². The van der Waals surface area contributed by atoms with Gasteiger partial charge in [-0.3, -0.25) is 4.79 Å². The highest BCUT2D eigenvalue weighted by molar-refractivity contribution is 7.91. The second-order valence-corrected chi connectivity index (χ2v) is 9.91. The van der Waals surface area contributed by atoms with Gasteiger partial charge in [0.1, 0.15) is 17.1 Å². The van der Waals surface area contributed by atoms with Crippen LogP contribution in [0.4, 0.5) is 32.0 Å². The Bertz CT molecular complexity index is 1460. The highest BCUT2D eigenvalue weighted by atomic mass is 32.2. The summed E-state index contributed by atoms with van der Waals surface area (Å²) in [7, 11) is -3.16. The summed E-state index contributed by atoms with van der Waals surface area (Å²) in [6.45, 7) is 2.32. The van der Waals surface area contributed by atoms with Gasteiger partial charge >= 0.3 is 12.5 Å². The first-order chi connectivity index (χ1) is 17.0. The first kappa shape index (κ1) is 27.7. The third-order valence-electron chi connectivity index (χ3n) is 4.81. The molecule has 3 rings (SSSR count). The summed E-state index contributed by atoms with van der Waals surface area (Å²) in [6.07, 6.45) is -8.76. The molecule has 1 amide bonds. The number of aromatic nitrogens is 2. The molecule has 15 heteroatoms. The first-order valence-corrected chi connectivity index (χ1v) is 12.1. The van der Waals surface area contributed by atoms with Gasteiger partial charge in [0.25, 0.3) is 11.8 Å². The van der Waals surface area contributed by atoms with Crippen LogP contribution in [0.1, 0.15) is 27.2 Å². The lowest BCUT2D eigenvalue weighted by Gasteiger charge is -2.17. The molecule has 0 aliphatic heterocycles. The molecule has 0 bridgehead atoms. The van der Waals surface area contributed by atoms with Crippen LogP contribution in [0.15, 0.2) is 47.4 Å². The van der Waals surface area contributed by atoms with Crippen molar-refractivity contribution in [3.63, 3.8) is 0 Å². The number of carbonyl (C=O) groups is 1. The fraction of sp³-hybridized carbons (Fsp3) is 0.227. The number of carbonyl (C=O) groups excluding carboxylic acids is 1. The van der Waals surface area contributed by atoms with Gasteiger partial charge in [-0.25, -0.2) is 8.99 Å². The lowest BCUT2D eigenvalue weighted by Crippen LogP contribution is -2.21. The predicted octanol–water partition coefficient (Wildman–Crippen LogP) is 6.09. The Morgan fingerprint density at radius 2 is 1.70 bits per heavy atom. The van der Waals surface area contributed by atoms with Crippen molar-refractivity contribution in [1.82, 2.24) is 10.2 Å². The van der Waals surface area contributed by atoms with Crippen LogP contribution in [0.2, 0.25) is 0 Å². The molecule has 0 saturated carbocycles. The lowest BCUT2D eigenvalue weighted by atomic mass is 10.1. The third kappa shape index (κ3) is 6.87. The predicted molar refractivity (Wildman–Crippen MR) is 119 cm³/mol. The molecule has 1 aromatic heterocycles. The summed E-state index contributed by atoms with van der Waals surface area (Å²) >= 11 is 0. The van der Waals surface area contributed by atoms with Crippen molar-refractivity contribution in [3.8, 4) is 17.4 Å². The molecule has 0 aliphatic carbocycles. The summed E-state index contributed by atoms with van der Waals surface area (Å²) in [5.74, 6) is -2.43. The third-order valence-corrected chi connectivity index (χ3v) is 5.96. The molecule has 0 spiro atoms. The van der Waals surface area contributed by atoms with Crippen molar-refractivity contribution in [1.29, 1.82) is 4.78 Å². The van der Waals surface area contributed by atoms with Crippen molar-refractivity contribution in [2.45, 2.75) is 31.3 Å². The molecule has 2 N–H and O–H groups in total. The number of alkyl halides is 6. The minimum Gasteiger partial charge on any atom is -0.437 e. The number of hydrogen-bond acceptors (Lipinski definition) is 7. The average molecular weight is 548 g/mol. The second-order valence-electron chi connectivity index (χ2n) is 7.75. The fourth-order valence-electron chi connectivity index (χ4n) is 3.15. The number of halogens is 6. The first-order valence-electron chi connectivity index (χ1n) is 10.1. The van der Waals surface area contributed by atoms with Crippen LogP contribution in [0.25, 0.3) is 0 Å². The number of nitrogens with one attached hydrogen (secondary N) is 2. The van der Waals surface area contributed by atoms with E-state index in [0.717, 1.165) is 31.4 Å². The summed E-state index contributed by atoms with van der Waals surface area (Å²) < 4.78 is 107. The molecule has 37 heavy (non-hydrogen) atoms. The van der Waals surface area contributed by atoms with Crippen molar-refractivity contribution in [2.75, 3.05) is 11.6 Å². The smallest absolute Gasteiger partial charge is 0.437 e. The van der Waals surface area contributed by atoms with Crippen LogP contribution in [0.5, 0.6) is 17.4 Å². The van der Waals surface area contributed by atoms with Crippen molar-refractivity contribution in [2.24, 2.45) is 0 Å². The Morgan fingerprint density at radius 1 is 1.03 bits per heavy atom. The maximum atomic E-state index is 13.5. The lowest BCUT2D eigenvalue weighted by molar-refractivity contribution is -0.274. The normalized spacial score (nSPS) is 13.5. The molecular formula is C22H18F6N4O4S. The van der Waals surface area contributed by atoms with Crippen molar-refractivity contribution < 1.29 is 44.8 Å². The average Bonchev–Trinajstić information content (AvgIpc) is 2.73. The van der Waals surface area contributed by atoms with E-state index in [0.29, 0.717) is 0 Å². The van der Waals surface area contributed by atoms with Gasteiger partial charge in [-0.2, -0.15) is 13.2 Å². The molecular weight excluding hydrogens is 530 g/mol. The van der Waals surface area contributed by atoms with Crippen LogP contribution in [-0.2, 0) is 15.9 Å². The van der Waals surface area contributed by atoms with E-state index in [1.54, 1.807) is 0 Å². The van der Waals surface area contributed by atoms with Gasteiger partial charge in [-0.15, -0.1) is 23.4 Å². The van der Waals surface area contributed by atoms with E-state index >= 15 is 0 Å². The van der Waals surface area contributed by atoms with Gasteiger partial charge in [0.05, 0.1) is 9.73 Å². The molecule has 0 fully saturated rings. The van der Waals surface area contributed by atoms with Gasteiger partial charge in [0, 0.05) is 16.8 Å². The highest BCUT2D eigenvalue weighted by Gasteiger charge is 2.38. The number of anilines is 1. The van der Waals surface area contributed by atoms with Crippen LogP contribution >= 0.6 is 0 Å². The van der Waals surface area contributed by atoms with Gasteiger partial charge in [-0.05, 0) is 61.4 Å². The van der Waals surface area contributed by atoms with Crippen molar-refractivity contribution in [3.05, 3.63) is 64.8 Å². The molecule has 198 valence electrons. The van der Waals surface area contributed by atoms with Crippen LogP contribution < -0.4 is 14.8 Å². The van der Waals surface area contributed by atoms with E-state index in [1.807, 2.05) is 0 Å². The van der Waals surface area contributed by atoms with Gasteiger partial charge in [-0.1, -0.05) is 6.07 Å². The van der Waals surface area contributed by atoms with Crippen LogP contribution in [-0.4, -0.2) is 32.9 Å². The zero-order valence-corrected chi connectivity index (χ0v) is 20.1. The summed E-state index contributed by atoms with van der Waals surface area (Å²) in [5.41, 5.74) is -2.60. The van der Waals surface area contributed by atoms with Gasteiger partial charge in [0.15, 0.2) is 5.69 Å². The number of nitrogens with zero attached hydrogens (tertiary/aromatic N) is 2. The second kappa shape index (κ2) is 9.88. The molecule has 3 aromatic rings. The number of aryl methyl sites for hydroxylation is 1. The minimum atomic E-state index is -4.96.